The van der Waals surface area contributed by atoms with Crippen molar-refractivity contribution >= 4 is 11.8 Å². The maximum atomic E-state index is 14.5. The number of rotatable bonds is 11. The molecule has 12 atom stereocenters. The summed E-state index contributed by atoms with van der Waals surface area (Å²) >= 11 is 0. The fraction of sp³-hybridized carbons (Fsp3) is 0.650. The summed E-state index contributed by atoms with van der Waals surface area (Å²) in [5.74, 6) is -1.02. The second-order valence-corrected chi connectivity index (χ2v) is 15.8. The van der Waals surface area contributed by atoms with Crippen molar-refractivity contribution < 1.29 is 43.9 Å². The van der Waals surface area contributed by atoms with E-state index in [2.05, 4.69) is 11.8 Å². The number of Topliss-reactive ketones (excluding diaryl/α,β-unsaturated/α-hetero) is 1. The van der Waals surface area contributed by atoms with Crippen LogP contribution in [-0.4, -0.2) is 108 Å². The van der Waals surface area contributed by atoms with Gasteiger partial charge in [0.1, 0.15) is 22.6 Å². The summed E-state index contributed by atoms with van der Waals surface area (Å²) < 4.78 is 24.4. The number of hydrogen-bond donors (Lipinski definition) is 3. The Bertz CT molecular complexity index is 1650. The summed E-state index contributed by atoms with van der Waals surface area (Å²) in [5, 5.41) is 37.0. The van der Waals surface area contributed by atoms with Crippen molar-refractivity contribution in [1.82, 2.24) is 4.90 Å². The lowest BCUT2D eigenvalue weighted by Gasteiger charge is -2.71. The minimum Gasteiger partial charge on any atom is -0.494 e. The molecule has 1 spiro atoms. The van der Waals surface area contributed by atoms with Gasteiger partial charge in [-0.15, -0.1) is 0 Å². The first kappa shape index (κ1) is 34.2. The lowest BCUT2D eigenvalue weighted by Crippen LogP contribution is -2.82. The number of carbonyl (C=O) groups excluding carboxylic acids is 2. The van der Waals surface area contributed by atoms with Crippen molar-refractivity contribution in [3.63, 3.8) is 0 Å². The third-order valence-electron chi connectivity index (χ3n) is 14.4. The molecule has 10 nitrogen and oxygen atoms in total. The van der Waals surface area contributed by atoms with Crippen LogP contribution in [-0.2, 0) is 20.6 Å². The van der Waals surface area contributed by atoms with Crippen LogP contribution in [0.4, 0.5) is 0 Å². The number of ketones is 1. The van der Waals surface area contributed by atoms with Crippen molar-refractivity contribution in [2.45, 2.75) is 87.4 Å². The number of piperidine rings is 1. The summed E-state index contributed by atoms with van der Waals surface area (Å²) in [6.45, 7) is 5.69. The van der Waals surface area contributed by atoms with E-state index in [-0.39, 0.29) is 60.5 Å². The SMILES string of the molecule is CCOc1ccc(C(=O)Cc2ccccc2C(=O)O[C@@]23CC[C@H](CO)[C@]45C([C@H](CC24)[C@@]2(O)C[C@H](OC)[C@H]4CC5[C@]2(O)[C@H]4OC)N(CC)C3)cc1. The summed E-state index contributed by atoms with van der Waals surface area (Å²) in [6, 6.07) is 14.1. The van der Waals surface area contributed by atoms with Crippen LogP contribution in [0.1, 0.15) is 72.2 Å². The van der Waals surface area contributed by atoms with Crippen molar-refractivity contribution in [1.29, 1.82) is 0 Å². The Labute approximate surface area is 294 Å². The Morgan fingerprint density at radius 3 is 2.42 bits per heavy atom. The highest BCUT2D eigenvalue weighted by atomic mass is 16.6. The largest absolute Gasteiger partial charge is 0.494 e. The summed E-state index contributed by atoms with van der Waals surface area (Å²) in [6.07, 6.45) is 1.86. The molecular weight excluding hydrogens is 638 g/mol. The molecule has 1 saturated heterocycles. The maximum absolute atomic E-state index is 14.5. The van der Waals surface area contributed by atoms with Gasteiger partial charge in [0.15, 0.2) is 5.78 Å². The second kappa shape index (κ2) is 12.1. The van der Waals surface area contributed by atoms with Gasteiger partial charge < -0.3 is 34.3 Å². The highest BCUT2D eigenvalue weighted by Gasteiger charge is 2.88. The quantitative estimate of drug-likeness (QED) is 0.237. The number of nitrogens with zero attached hydrogens (tertiary/aromatic N) is 1. The van der Waals surface area contributed by atoms with Crippen molar-refractivity contribution in [2.75, 3.05) is 40.5 Å². The van der Waals surface area contributed by atoms with Gasteiger partial charge in [-0.25, -0.2) is 4.79 Å². The van der Waals surface area contributed by atoms with Gasteiger partial charge in [0, 0.05) is 80.9 Å². The Morgan fingerprint density at radius 2 is 1.74 bits per heavy atom. The lowest BCUT2D eigenvalue weighted by molar-refractivity contribution is -0.333. The molecule has 2 aromatic rings. The number of methoxy groups -OCH3 is 2. The van der Waals surface area contributed by atoms with E-state index >= 15 is 0 Å². The van der Waals surface area contributed by atoms with E-state index in [9.17, 15) is 24.9 Å². The van der Waals surface area contributed by atoms with Crippen LogP contribution in [0.2, 0.25) is 0 Å². The molecule has 7 bridgehead atoms. The van der Waals surface area contributed by atoms with E-state index in [4.69, 9.17) is 18.9 Å². The van der Waals surface area contributed by atoms with E-state index in [1.807, 2.05) is 19.1 Å². The van der Waals surface area contributed by atoms with Crippen LogP contribution in [0.15, 0.2) is 48.5 Å². The average molecular weight is 690 g/mol. The molecule has 270 valence electrons. The van der Waals surface area contributed by atoms with E-state index in [0.29, 0.717) is 74.2 Å². The first-order valence-corrected chi connectivity index (χ1v) is 18.5. The molecule has 0 amide bonds. The predicted octanol–water partition coefficient (Wildman–Crippen LogP) is 3.68. The number of likely N-dealkylation sites (tertiary alicyclic amines) is 1. The zero-order valence-electron chi connectivity index (χ0n) is 29.5. The molecule has 1 heterocycles. The molecule has 10 heteroatoms. The molecule has 5 saturated carbocycles. The molecule has 2 aromatic carbocycles. The molecule has 3 N–H and O–H groups in total. The average Bonchev–Trinajstić information content (AvgIpc) is 3.55. The first-order valence-electron chi connectivity index (χ1n) is 18.5. The van der Waals surface area contributed by atoms with Gasteiger partial charge >= 0.3 is 5.97 Å². The van der Waals surface area contributed by atoms with Gasteiger partial charge in [0.05, 0.1) is 24.4 Å². The number of ether oxygens (including phenoxy) is 4. The number of esters is 1. The summed E-state index contributed by atoms with van der Waals surface area (Å²) in [5.41, 5.74) is -3.00. The number of hydrogen-bond acceptors (Lipinski definition) is 10. The predicted molar refractivity (Wildman–Crippen MR) is 183 cm³/mol. The minimum absolute atomic E-state index is 0.0417. The Morgan fingerprint density at radius 1 is 0.980 bits per heavy atom. The zero-order chi connectivity index (χ0) is 35.2. The van der Waals surface area contributed by atoms with E-state index in [0.717, 1.165) is 0 Å². The minimum atomic E-state index is -1.53. The van der Waals surface area contributed by atoms with Crippen LogP contribution in [0.5, 0.6) is 5.75 Å². The van der Waals surface area contributed by atoms with E-state index < -0.39 is 34.3 Å². The molecule has 6 fully saturated rings. The number of likely N-dealkylation sites (N-methyl/N-ethyl adjacent to an activating group) is 1. The molecule has 0 radical (unpaired) electrons. The Kier molecular flexibility index (Phi) is 8.29. The van der Waals surface area contributed by atoms with Crippen LogP contribution >= 0.6 is 0 Å². The Balaban J connectivity index is 1.16. The van der Waals surface area contributed by atoms with Gasteiger partial charge in [0.25, 0.3) is 0 Å². The standard InChI is InChI=1S/C40H51NO9/c1-5-41-22-37(50-36(44)27-10-8-7-9-24(27)17-30(43)23-11-13-26(14-12-23)49-6-2)16-15-25(21-42)39-32(37)19-29(34(39)41)38(45)20-31(47-3)28-18-33(39)40(38,46)35(28)48-4/h7-14,25,28-29,31-35,42,45-46H,5-6,15-22H2,1-4H3/t25-,28-,29+,31+,32?,33?,34?,35+,37-,38+,39+,40+/m1/s1. The normalized spacial score (nSPS) is 42.3. The number of carbonyl (C=O) groups is 2. The Hall–Kier alpha value is -2.86. The van der Waals surface area contributed by atoms with Gasteiger partial charge in [-0.2, -0.15) is 0 Å². The molecular formula is C40H51NO9. The zero-order valence-corrected chi connectivity index (χ0v) is 29.5. The number of aliphatic hydroxyl groups excluding tert-OH is 1. The topological polar surface area (TPSA) is 135 Å². The smallest absolute Gasteiger partial charge is 0.339 e. The van der Waals surface area contributed by atoms with Gasteiger partial charge in [-0.3, -0.25) is 9.69 Å². The van der Waals surface area contributed by atoms with Crippen LogP contribution in [0, 0.1) is 35.0 Å². The van der Waals surface area contributed by atoms with Gasteiger partial charge in [-0.05, 0) is 81.0 Å². The number of fused-ring (bicyclic) bond motifs is 2. The molecule has 1 aliphatic heterocycles. The van der Waals surface area contributed by atoms with Crippen molar-refractivity contribution in [3.05, 3.63) is 65.2 Å². The third-order valence-corrected chi connectivity index (χ3v) is 14.4. The highest BCUT2D eigenvalue weighted by molar-refractivity contribution is 6.00. The lowest BCUT2D eigenvalue weighted by atomic mass is 9.42. The molecule has 6 aliphatic rings. The van der Waals surface area contributed by atoms with Crippen molar-refractivity contribution in [3.8, 4) is 5.75 Å². The van der Waals surface area contributed by atoms with Gasteiger partial charge in [0.2, 0.25) is 0 Å². The molecule has 50 heavy (non-hydrogen) atoms. The third kappa shape index (κ3) is 4.29. The molecule has 3 unspecified atom stereocenters. The monoisotopic (exact) mass is 689 g/mol. The summed E-state index contributed by atoms with van der Waals surface area (Å²) in [7, 11) is 3.28. The number of benzene rings is 2. The molecule has 8 rings (SSSR count). The van der Waals surface area contributed by atoms with E-state index in [1.54, 1.807) is 50.6 Å². The summed E-state index contributed by atoms with van der Waals surface area (Å²) in [4.78, 5) is 30.3. The van der Waals surface area contributed by atoms with Crippen LogP contribution in [0.3, 0.4) is 0 Å². The maximum Gasteiger partial charge on any atom is 0.339 e. The fourth-order valence-corrected chi connectivity index (χ4v) is 12.8. The van der Waals surface area contributed by atoms with Crippen molar-refractivity contribution in [2.24, 2.45) is 35.0 Å². The van der Waals surface area contributed by atoms with Gasteiger partial charge in [-0.1, -0.05) is 25.1 Å². The fourth-order valence-electron chi connectivity index (χ4n) is 12.8. The second-order valence-electron chi connectivity index (χ2n) is 15.8. The molecule has 5 aliphatic carbocycles. The highest BCUT2D eigenvalue weighted by Crippen LogP contribution is 2.80. The number of aliphatic hydroxyl groups is 3. The first-order chi connectivity index (χ1) is 24.1. The van der Waals surface area contributed by atoms with Crippen LogP contribution in [0.25, 0.3) is 0 Å². The van der Waals surface area contributed by atoms with Crippen LogP contribution < -0.4 is 4.74 Å². The molecule has 0 aromatic heterocycles. The van der Waals surface area contributed by atoms with E-state index in [1.165, 1.54) is 0 Å².